The summed E-state index contributed by atoms with van der Waals surface area (Å²) in [5.74, 6) is -1.65. The smallest absolute Gasteiger partial charge is 0.326 e. The van der Waals surface area contributed by atoms with E-state index in [1.165, 1.54) is 6.07 Å². The Morgan fingerprint density at radius 3 is 2.64 bits per heavy atom. The summed E-state index contributed by atoms with van der Waals surface area (Å²) in [7, 11) is 0. The van der Waals surface area contributed by atoms with Crippen molar-refractivity contribution in [1.82, 2.24) is 5.32 Å². The molecule has 2 unspecified atom stereocenters. The third-order valence-electron chi connectivity index (χ3n) is 4.26. The molecule has 2 aromatic carbocycles. The summed E-state index contributed by atoms with van der Waals surface area (Å²) in [6, 6.07) is 12.8. The van der Waals surface area contributed by atoms with E-state index in [9.17, 15) is 19.8 Å². The van der Waals surface area contributed by atoms with Crippen molar-refractivity contribution in [1.29, 1.82) is 0 Å². The maximum Gasteiger partial charge on any atom is 0.326 e. The van der Waals surface area contributed by atoms with Crippen LogP contribution in [0.15, 0.2) is 48.5 Å². The number of carboxylic acids is 1. The van der Waals surface area contributed by atoms with Crippen molar-refractivity contribution in [2.24, 2.45) is 0 Å². The fourth-order valence-electron chi connectivity index (χ4n) is 2.96. The number of fused-ring (bicyclic) bond motifs is 1. The third kappa shape index (κ3) is 3.80. The van der Waals surface area contributed by atoms with Crippen molar-refractivity contribution in [3.8, 4) is 5.75 Å². The fraction of sp³-hybridized carbons (Fsp3) is 0.263. The van der Waals surface area contributed by atoms with Crippen LogP contribution in [-0.4, -0.2) is 34.7 Å². The largest absolute Gasteiger partial charge is 0.508 e. The molecule has 25 heavy (non-hydrogen) atoms. The van der Waals surface area contributed by atoms with Crippen LogP contribution >= 0.6 is 0 Å². The average molecular weight is 341 g/mol. The zero-order valence-electron chi connectivity index (χ0n) is 13.5. The van der Waals surface area contributed by atoms with Crippen LogP contribution in [0.4, 0.5) is 0 Å². The maximum absolute atomic E-state index is 12.6. The molecule has 0 aliphatic carbocycles. The van der Waals surface area contributed by atoms with Crippen molar-refractivity contribution in [2.75, 3.05) is 6.61 Å². The van der Waals surface area contributed by atoms with Gasteiger partial charge in [-0.3, -0.25) is 4.79 Å². The van der Waals surface area contributed by atoms with E-state index in [4.69, 9.17) is 4.74 Å². The van der Waals surface area contributed by atoms with E-state index in [1.807, 2.05) is 24.3 Å². The Morgan fingerprint density at radius 2 is 1.88 bits per heavy atom. The number of hydrogen-bond donors (Lipinski definition) is 3. The summed E-state index contributed by atoms with van der Waals surface area (Å²) in [5.41, 5.74) is 2.25. The van der Waals surface area contributed by atoms with Crippen molar-refractivity contribution in [3.63, 3.8) is 0 Å². The van der Waals surface area contributed by atoms with E-state index in [2.05, 4.69) is 5.32 Å². The number of carbonyl (C=O) groups is 2. The van der Waals surface area contributed by atoms with Crippen molar-refractivity contribution in [2.45, 2.75) is 25.0 Å². The minimum absolute atomic E-state index is 0.00209. The normalized spacial score (nSPS) is 17.4. The number of carbonyl (C=O) groups excluding carboxylic acids is 1. The molecule has 3 rings (SSSR count). The van der Waals surface area contributed by atoms with Crippen LogP contribution in [0.1, 0.15) is 22.8 Å². The molecular formula is C19H19NO5. The lowest BCUT2D eigenvalue weighted by Gasteiger charge is -2.26. The predicted molar refractivity (Wildman–Crippen MR) is 90.2 cm³/mol. The van der Waals surface area contributed by atoms with Gasteiger partial charge in [0, 0.05) is 6.42 Å². The molecule has 3 N–H and O–H groups in total. The molecule has 1 heterocycles. The van der Waals surface area contributed by atoms with Gasteiger partial charge in [0.2, 0.25) is 0 Å². The summed E-state index contributed by atoms with van der Waals surface area (Å²) < 4.78 is 5.57. The zero-order valence-corrected chi connectivity index (χ0v) is 13.5. The van der Waals surface area contributed by atoms with Gasteiger partial charge in [0.25, 0.3) is 5.91 Å². The Labute approximate surface area is 145 Å². The first-order valence-electron chi connectivity index (χ1n) is 8.05. The first-order chi connectivity index (χ1) is 12.1. The minimum Gasteiger partial charge on any atom is -0.508 e. The van der Waals surface area contributed by atoms with Crippen LogP contribution in [0.5, 0.6) is 5.75 Å². The van der Waals surface area contributed by atoms with Crippen LogP contribution < -0.4 is 5.32 Å². The van der Waals surface area contributed by atoms with E-state index >= 15 is 0 Å². The Hall–Kier alpha value is -2.86. The highest BCUT2D eigenvalue weighted by Gasteiger charge is 2.30. The topological polar surface area (TPSA) is 95.9 Å². The van der Waals surface area contributed by atoms with Crippen LogP contribution in [0.2, 0.25) is 0 Å². The van der Waals surface area contributed by atoms with E-state index < -0.39 is 24.0 Å². The lowest BCUT2D eigenvalue weighted by Crippen LogP contribution is -2.45. The molecule has 0 fully saturated rings. The summed E-state index contributed by atoms with van der Waals surface area (Å²) >= 11 is 0. The molecule has 0 saturated heterocycles. The standard InChI is InChI=1S/C19H19NO5/c21-16-8-4-2-6-13(16)11-15(19(23)24)20-18(22)17-14-7-3-1-5-12(14)9-10-25-17/h1-8,15,17,21H,9-11H2,(H,20,22)(H,23,24). The number of phenolic OH excluding ortho intramolecular Hbond substituents is 1. The van der Waals surface area contributed by atoms with Crippen LogP contribution in [0.25, 0.3) is 0 Å². The number of aromatic hydroxyl groups is 1. The maximum atomic E-state index is 12.6. The minimum atomic E-state index is -1.17. The first-order valence-corrected chi connectivity index (χ1v) is 8.05. The van der Waals surface area contributed by atoms with Crippen molar-refractivity contribution in [3.05, 3.63) is 65.2 Å². The van der Waals surface area contributed by atoms with Gasteiger partial charge in [-0.1, -0.05) is 42.5 Å². The summed E-state index contributed by atoms with van der Waals surface area (Å²) in [5, 5.41) is 21.8. The molecule has 1 amide bonds. The number of phenols is 1. The second-order valence-electron chi connectivity index (χ2n) is 5.93. The first kappa shape index (κ1) is 17.0. The number of rotatable bonds is 5. The third-order valence-corrected chi connectivity index (χ3v) is 4.26. The summed E-state index contributed by atoms with van der Waals surface area (Å²) in [6.45, 7) is 0.409. The zero-order chi connectivity index (χ0) is 17.8. The molecule has 6 heteroatoms. The number of hydrogen-bond acceptors (Lipinski definition) is 4. The number of amides is 1. The molecule has 130 valence electrons. The SMILES string of the molecule is O=C(O)C(Cc1ccccc1O)NC(=O)C1OCCc2ccccc21. The Bertz CT molecular complexity index is 789. The van der Waals surface area contributed by atoms with Crippen LogP contribution in [0.3, 0.4) is 0 Å². The van der Waals surface area contributed by atoms with Gasteiger partial charge >= 0.3 is 5.97 Å². The molecule has 6 nitrogen and oxygen atoms in total. The highest BCUT2D eigenvalue weighted by molar-refractivity contribution is 5.87. The highest BCUT2D eigenvalue weighted by Crippen LogP contribution is 2.27. The van der Waals surface area contributed by atoms with Crippen LogP contribution in [-0.2, 0) is 27.2 Å². The molecule has 0 saturated carbocycles. The number of nitrogens with one attached hydrogen (secondary N) is 1. The number of ether oxygens (including phenoxy) is 1. The van der Waals surface area contributed by atoms with Crippen molar-refractivity contribution >= 4 is 11.9 Å². The van der Waals surface area contributed by atoms with Gasteiger partial charge in [0.15, 0.2) is 6.10 Å². The fourth-order valence-corrected chi connectivity index (χ4v) is 2.96. The molecule has 0 aromatic heterocycles. The summed E-state index contributed by atoms with van der Waals surface area (Å²) in [6.07, 6.45) is -0.112. The molecule has 1 aliphatic rings. The molecule has 2 aromatic rings. The Kier molecular flexibility index (Phi) is 5.00. The van der Waals surface area contributed by atoms with Crippen LogP contribution in [0, 0.1) is 0 Å². The van der Waals surface area contributed by atoms with Crippen molar-refractivity contribution < 1.29 is 24.5 Å². The lowest BCUT2D eigenvalue weighted by atomic mass is 9.96. The number of benzene rings is 2. The average Bonchev–Trinajstić information content (AvgIpc) is 2.62. The van der Waals surface area contributed by atoms with Gasteiger partial charge in [-0.25, -0.2) is 4.79 Å². The monoisotopic (exact) mass is 341 g/mol. The van der Waals surface area contributed by atoms with Gasteiger partial charge in [0.1, 0.15) is 11.8 Å². The molecule has 0 radical (unpaired) electrons. The van der Waals surface area contributed by atoms with Gasteiger partial charge in [-0.15, -0.1) is 0 Å². The van der Waals surface area contributed by atoms with E-state index in [1.54, 1.807) is 18.2 Å². The molecule has 2 atom stereocenters. The van der Waals surface area contributed by atoms with Gasteiger partial charge < -0.3 is 20.3 Å². The second-order valence-corrected chi connectivity index (χ2v) is 5.93. The molecular weight excluding hydrogens is 322 g/mol. The van der Waals surface area contributed by atoms with Gasteiger partial charge in [-0.05, 0) is 29.2 Å². The van der Waals surface area contributed by atoms with E-state index in [0.29, 0.717) is 12.2 Å². The highest BCUT2D eigenvalue weighted by atomic mass is 16.5. The quantitative estimate of drug-likeness (QED) is 0.771. The Balaban J connectivity index is 1.76. The van der Waals surface area contributed by atoms with E-state index in [0.717, 1.165) is 17.5 Å². The summed E-state index contributed by atoms with van der Waals surface area (Å²) in [4.78, 5) is 24.1. The van der Waals surface area contributed by atoms with Gasteiger partial charge in [0.05, 0.1) is 6.61 Å². The molecule has 0 bridgehead atoms. The van der Waals surface area contributed by atoms with Gasteiger partial charge in [-0.2, -0.15) is 0 Å². The molecule has 0 spiro atoms. The second kappa shape index (κ2) is 7.36. The predicted octanol–water partition coefficient (Wildman–Crippen LogP) is 1.82. The molecule has 1 aliphatic heterocycles. The number of para-hydroxylation sites is 1. The number of carboxylic acid groups (broad SMARTS) is 1. The Morgan fingerprint density at radius 1 is 1.16 bits per heavy atom. The number of aliphatic carboxylic acids is 1. The lowest BCUT2D eigenvalue weighted by molar-refractivity contribution is -0.144. The van der Waals surface area contributed by atoms with E-state index in [-0.39, 0.29) is 12.2 Å².